The fraction of sp³-hybridized carbons (Fsp3) is 0.312. The summed E-state index contributed by atoms with van der Waals surface area (Å²) in [5.41, 5.74) is 1.48. The van der Waals surface area contributed by atoms with E-state index in [0.717, 1.165) is 26.3 Å². The summed E-state index contributed by atoms with van der Waals surface area (Å²) in [5.74, 6) is 0.622. The zero-order valence-electron chi connectivity index (χ0n) is 12.9. The Balaban J connectivity index is 1.52. The van der Waals surface area contributed by atoms with Crippen molar-refractivity contribution in [2.45, 2.75) is 6.54 Å². The van der Waals surface area contributed by atoms with Gasteiger partial charge in [0.05, 0.1) is 25.5 Å². The van der Waals surface area contributed by atoms with Crippen LogP contribution in [0.1, 0.15) is 5.82 Å². The van der Waals surface area contributed by atoms with Gasteiger partial charge < -0.3 is 9.26 Å². The molecular weight excluding hydrogens is 313 g/mol. The summed E-state index contributed by atoms with van der Waals surface area (Å²) in [6.07, 6.45) is 0. The van der Waals surface area contributed by atoms with Gasteiger partial charge in [0.1, 0.15) is 11.5 Å². The first-order valence-corrected chi connectivity index (χ1v) is 7.73. The lowest BCUT2D eigenvalue weighted by molar-refractivity contribution is 0.0327. The standard InChI is InChI=1S/C16H16FN5O2/c17-12-4-2-1-3-11(12)13-9-14(20-19-13)16-18-15(21-24-16)10-22-5-7-23-8-6-22/h1-4,9H,5-8,10H2,(H,19,20). The van der Waals surface area contributed by atoms with Crippen molar-refractivity contribution in [3.05, 3.63) is 42.0 Å². The first kappa shape index (κ1) is 15.0. The van der Waals surface area contributed by atoms with Crippen LogP contribution < -0.4 is 0 Å². The van der Waals surface area contributed by atoms with Crippen LogP contribution in [-0.4, -0.2) is 51.5 Å². The Morgan fingerprint density at radius 2 is 2.04 bits per heavy atom. The fourth-order valence-electron chi connectivity index (χ4n) is 2.63. The Hall–Kier alpha value is -2.58. The van der Waals surface area contributed by atoms with Gasteiger partial charge in [-0.05, 0) is 18.2 Å². The van der Waals surface area contributed by atoms with Crippen molar-refractivity contribution >= 4 is 0 Å². The van der Waals surface area contributed by atoms with Gasteiger partial charge in [-0.25, -0.2) is 4.39 Å². The number of halogens is 1. The van der Waals surface area contributed by atoms with Crippen LogP contribution in [0.2, 0.25) is 0 Å². The maximum Gasteiger partial charge on any atom is 0.275 e. The molecule has 8 heteroatoms. The Bertz CT molecular complexity index is 825. The molecule has 24 heavy (non-hydrogen) atoms. The van der Waals surface area contributed by atoms with Gasteiger partial charge in [-0.2, -0.15) is 10.1 Å². The van der Waals surface area contributed by atoms with E-state index in [1.807, 2.05) is 0 Å². The molecule has 1 fully saturated rings. The van der Waals surface area contributed by atoms with Crippen LogP contribution in [0.25, 0.3) is 22.8 Å². The number of hydrogen-bond acceptors (Lipinski definition) is 6. The van der Waals surface area contributed by atoms with Gasteiger partial charge in [0.15, 0.2) is 5.82 Å². The van der Waals surface area contributed by atoms with Crippen molar-refractivity contribution in [1.82, 2.24) is 25.2 Å². The molecule has 0 amide bonds. The third-order valence-corrected chi connectivity index (χ3v) is 3.89. The lowest BCUT2D eigenvalue weighted by atomic mass is 10.1. The molecule has 2 aromatic heterocycles. The lowest BCUT2D eigenvalue weighted by Crippen LogP contribution is -2.35. The molecule has 4 rings (SSSR count). The highest BCUT2D eigenvalue weighted by Crippen LogP contribution is 2.24. The van der Waals surface area contributed by atoms with Crippen molar-refractivity contribution in [3.63, 3.8) is 0 Å². The van der Waals surface area contributed by atoms with Gasteiger partial charge in [-0.1, -0.05) is 17.3 Å². The first-order chi connectivity index (χ1) is 11.8. The first-order valence-electron chi connectivity index (χ1n) is 7.73. The van der Waals surface area contributed by atoms with Crippen molar-refractivity contribution in [2.75, 3.05) is 26.3 Å². The number of rotatable bonds is 4. The molecule has 0 bridgehead atoms. The van der Waals surface area contributed by atoms with Crippen molar-refractivity contribution in [1.29, 1.82) is 0 Å². The normalized spacial score (nSPS) is 15.7. The third kappa shape index (κ3) is 3.06. The largest absolute Gasteiger partial charge is 0.379 e. The smallest absolute Gasteiger partial charge is 0.275 e. The molecule has 1 saturated heterocycles. The van der Waals surface area contributed by atoms with Crippen LogP contribution in [0, 0.1) is 5.82 Å². The molecule has 1 N–H and O–H groups in total. The maximum atomic E-state index is 13.8. The third-order valence-electron chi connectivity index (χ3n) is 3.89. The zero-order chi connectivity index (χ0) is 16.4. The molecule has 0 saturated carbocycles. The predicted octanol–water partition coefficient (Wildman–Crippen LogP) is 2.10. The van der Waals surface area contributed by atoms with Crippen LogP contribution >= 0.6 is 0 Å². The van der Waals surface area contributed by atoms with Crippen LogP contribution in [0.3, 0.4) is 0 Å². The second kappa shape index (κ2) is 6.50. The summed E-state index contributed by atoms with van der Waals surface area (Å²) < 4.78 is 24.4. The van der Waals surface area contributed by atoms with E-state index in [0.29, 0.717) is 35.2 Å². The monoisotopic (exact) mass is 329 g/mol. The molecule has 1 aliphatic rings. The van der Waals surface area contributed by atoms with E-state index in [1.165, 1.54) is 6.07 Å². The van der Waals surface area contributed by atoms with E-state index in [1.54, 1.807) is 24.3 Å². The highest BCUT2D eigenvalue weighted by Gasteiger charge is 2.17. The number of aromatic amines is 1. The quantitative estimate of drug-likeness (QED) is 0.789. The van der Waals surface area contributed by atoms with Crippen molar-refractivity contribution in [3.8, 4) is 22.8 Å². The van der Waals surface area contributed by atoms with E-state index in [4.69, 9.17) is 9.26 Å². The van der Waals surface area contributed by atoms with Crippen molar-refractivity contribution < 1.29 is 13.7 Å². The summed E-state index contributed by atoms with van der Waals surface area (Å²) in [7, 11) is 0. The molecular formula is C16H16FN5O2. The van der Waals surface area contributed by atoms with Gasteiger partial charge in [0.2, 0.25) is 0 Å². The summed E-state index contributed by atoms with van der Waals surface area (Å²) in [6, 6.07) is 8.18. The average Bonchev–Trinajstić information content (AvgIpc) is 3.25. The van der Waals surface area contributed by atoms with Crippen LogP contribution in [0.5, 0.6) is 0 Å². The van der Waals surface area contributed by atoms with Gasteiger partial charge in [-0.3, -0.25) is 10.00 Å². The Morgan fingerprint density at radius 1 is 1.21 bits per heavy atom. The molecule has 7 nitrogen and oxygen atoms in total. The molecule has 0 atom stereocenters. The van der Waals surface area contributed by atoms with E-state index in [2.05, 4.69) is 25.2 Å². The number of benzene rings is 1. The van der Waals surface area contributed by atoms with Crippen LogP contribution in [-0.2, 0) is 11.3 Å². The molecule has 1 aromatic carbocycles. The maximum absolute atomic E-state index is 13.8. The molecule has 0 unspecified atom stereocenters. The second-order valence-corrected chi connectivity index (χ2v) is 5.55. The minimum absolute atomic E-state index is 0.325. The summed E-state index contributed by atoms with van der Waals surface area (Å²) in [6.45, 7) is 3.76. The van der Waals surface area contributed by atoms with E-state index in [-0.39, 0.29) is 5.82 Å². The van der Waals surface area contributed by atoms with Gasteiger partial charge in [0.25, 0.3) is 5.89 Å². The van der Waals surface area contributed by atoms with Gasteiger partial charge >= 0.3 is 0 Å². The number of ether oxygens (including phenoxy) is 1. The fourth-order valence-corrected chi connectivity index (χ4v) is 2.63. The van der Waals surface area contributed by atoms with E-state index < -0.39 is 0 Å². The number of H-pyrrole nitrogens is 1. The SMILES string of the molecule is Fc1ccccc1-c1cc(-c2nc(CN3CCOCC3)no2)[nH]n1. The summed E-state index contributed by atoms with van der Waals surface area (Å²) in [4.78, 5) is 6.58. The molecule has 0 aliphatic carbocycles. The number of nitrogens with zero attached hydrogens (tertiary/aromatic N) is 4. The average molecular weight is 329 g/mol. The highest BCUT2D eigenvalue weighted by atomic mass is 19.1. The minimum Gasteiger partial charge on any atom is -0.379 e. The molecule has 0 radical (unpaired) electrons. The predicted molar refractivity (Wildman–Crippen MR) is 83.4 cm³/mol. The number of hydrogen-bond donors (Lipinski definition) is 1. The van der Waals surface area contributed by atoms with Crippen molar-refractivity contribution in [2.24, 2.45) is 0 Å². The Morgan fingerprint density at radius 3 is 2.88 bits per heavy atom. The molecule has 3 heterocycles. The number of nitrogens with one attached hydrogen (secondary N) is 1. The van der Waals surface area contributed by atoms with Gasteiger partial charge in [0, 0.05) is 18.7 Å². The summed E-state index contributed by atoms with van der Waals surface area (Å²) >= 11 is 0. The number of aromatic nitrogens is 4. The molecule has 0 spiro atoms. The van der Waals surface area contributed by atoms with Crippen LogP contribution in [0.15, 0.2) is 34.9 Å². The molecule has 1 aliphatic heterocycles. The highest BCUT2D eigenvalue weighted by molar-refractivity contribution is 5.64. The second-order valence-electron chi connectivity index (χ2n) is 5.55. The zero-order valence-corrected chi connectivity index (χ0v) is 12.9. The van der Waals surface area contributed by atoms with Crippen LogP contribution in [0.4, 0.5) is 4.39 Å². The molecule has 3 aromatic rings. The summed E-state index contributed by atoms with van der Waals surface area (Å²) in [5, 5.41) is 10.9. The number of morpholine rings is 1. The van der Waals surface area contributed by atoms with Gasteiger partial charge in [-0.15, -0.1) is 0 Å². The Kier molecular flexibility index (Phi) is 4.06. The lowest BCUT2D eigenvalue weighted by Gasteiger charge is -2.24. The van der Waals surface area contributed by atoms with E-state index in [9.17, 15) is 4.39 Å². The minimum atomic E-state index is -0.325. The molecule has 124 valence electrons. The Labute approximate surface area is 137 Å². The topological polar surface area (TPSA) is 80.1 Å². The van der Waals surface area contributed by atoms with E-state index >= 15 is 0 Å².